The zero-order valence-electron chi connectivity index (χ0n) is 13.8. The highest BCUT2D eigenvalue weighted by molar-refractivity contribution is 6.05. The maximum Gasteiger partial charge on any atom is 0.335 e. The lowest BCUT2D eigenvalue weighted by Crippen LogP contribution is -2.31. The van der Waals surface area contributed by atoms with Gasteiger partial charge in [0, 0.05) is 6.08 Å². The van der Waals surface area contributed by atoms with E-state index in [4.69, 9.17) is 14.2 Å². The second-order valence-corrected chi connectivity index (χ2v) is 5.15. The van der Waals surface area contributed by atoms with Crippen LogP contribution < -0.4 is 14.2 Å². The molecule has 0 aliphatic heterocycles. The first kappa shape index (κ1) is 18.7. The Hall–Kier alpha value is -2.34. The number of hydrogen-bond acceptors (Lipinski definition) is 6. The molecule has 0 saturated heterocycles. The molecule has 6 nitrogen and oxygen atoms in total. The van der Waals surface area contributed by atoms with E-state index in [1.54, 1.807) is 13.8 Å². The van der Waals surface area contributed by atoms with Gasteiger partial charge in [0.2, 0.25) is 5.75 Å². The zero-order valence-corrected chi connectivity index (χ0v) is 13.8. The molecule has 0 radical (unpaired) electrons. The second kappa shape index (κ2) is 7.78. The van der Waals surface area contributed by atoms with Crippen LogP contribution in [-0.2, 0) is 4.79 Å². The van der Waals surface area contributed by atoms with Crippen molar-refractivity contribution in [1.82, 2.24) is 0 Å². The largest absolute Gasteiger partial charge is 0.489 e. The Bertz CT molecular complexity index is 598. The van der Waals surface area contributed by atoms with E-state index in [1.807, 2.05) is 0 Å². The fraction of sp³-hybridized carbons (Fsp3) is 0.412. The number of esters is 1. The molecule has 0 fully saturated rings. The Morgan fingerprint density at radius 3 is 2.22 bits per heavy atom. The quantitative estimate of drug-likeness (QED) is 0.343. The third-order valence-corrected chi connectivity index (χ3v) is 2.83. The molecule has 0 spiro atoms. The molecule has 1 N–H and O–H groups in total. The Labute approximate surface area is 135 Å². The molecular weight excluding hydrogens is 300 g/mol. The zero-order chi connectivity index (χ0) is 17.6. The number of hydrogen-bond donors (Lipinski definition) is 1. The Balaban J connectivity index is 3.49. The summed E-state index contributed by atoms with van der Waals surface area (Å²) < 4.78 is 16.1. The number of carbonyl (C=O) groups excluding carboxylic acids is 2. The van der Waals surface area contributed by atoms with Crippen molar-refractivity contribution in [3.05, 3.63) is 30.4 Å². The topological polar surface area (TPSA) is 82.1 Å². The normalized spacial score (nSPS) is 10.8. The van der Waals surface area contributed by atoms with E-state index in [0.717, 1.165) is 6.08 Å². The van der Waals surface area contributed by atoms with Gasteiger partial charge in [0.1, 0.15) is 5.60 Å². The first-order valence-corrected chi connectivity index (χ1v) is 7.30. The van der Waals surface area contributed by atoms with Crippen molar-refractivity contribution in [3.8, 4) is 17.2 Å². The smallest absolute Gasteiger partial charge is 0.335 e. The molecule has 0 heterocycles. The Morgan fingerprint density at radius 2 is 1.74 bits per heavy atom. The lowest BCUT2D eigenvalue weighted by molar-refractivity contribution is -0.129. The van der Waals surface area contributed by atoms with E-state index < -0.39 is 17.4 Å². The number of ether oxygens (including phenoxy) is 3. The molecule has 126 valence electrons. The maximum absolute atomic E-state index is 12.4. The summed E-state index contributed by atoms with van der Waals surface area (Å²) in [6, 6.07) is 2.85. The molecule has 0 amide bonds. The number of benzene rings is 1. The summed E-state index contributed by atoms with van der Waals surface area (Å²) in [6.07, 6.45) is 1.02. The van der Waals surface area contributed by atoms with Gasteiger partial charge in [-0.1, -0.05) is 6.58 Å². The number of carbonyl (C=O) groups is 2. The SMILES string of the molecule is C=CC(=O)Oc1ccc(C(=O)C(C)(C)O)c(OCC)c1OCC. The molecule has 1 aromatic rings. The minimum Gasteiger partial charge on any atom is -0.489 e. The summed E-state index contributed by atoms with van der Waals surface area (Å²) in [4.78, 5) is 23.8. The van der Waals surface area contributed by atoms with Gasteiger partial charge < -0.3 is 19.3 Å². The number of ketones is 1. The van der Waals surface area contributed by atoms with Crippen molar-refractivity contribution >= 4 is 11.8 Å². The lowest BCUT2D eigenvalue weighted by atomic mass is 9.95. The fourth-order valence-corrected chi connectivity index (χ4v) is 1.85. The van der Waals surface area contributed by atoms with Crippen molar-refractivity contribution in [1.29, 1.82) is 0 Å². The first-order chi connectivity index (χ1) is 10.8. The monoisotopic (exact) mass is 322 g/mol. The van der Waals surface area contributed by atoms with Crippen LogP contribution in [0.3, 0.4) is 0 Å². The average Bonchev–Trinajstić information content (AvgIpc) is 2.49. The molecule has 0 saturated carbocycles. The summed E-state index contributed by atoms with van der Waals surface area (Å²) in [6.45, 7) is 10.1. The highest BCUT2D eigenvalue weighted by Gasteiger charge is 2.31. The van der Waals surface area contributed by atoms with Crippen LogP contribution in [0.5, 0.6) is 17.2 Å². The lowest BCUT2D eigenvalue weighted by Gasteiger charge is -2.21. The van der Waals surface area contributed by atoms with E-state index in [2.05, 4.69) is 6.58 Å². The third-order valence-electron chi connectivity index (χ3n) is 2.83. The van der Waals surface area contributed by atoms with E-state index in [9.17, 15) is 14.7 Å². The Morgan fingerprint density at radius 1 is 1.17 bits per heavy atom. The van der Waals surface area contributed by atoms with Gasteiger partial charge in [0.15, 0.2) is 17.3 Å². The molecule has 23 heavy (non-hydrogen) atoms. The summed E-state index contributed by atoms with van der Waals surface area (Å²) >= 11 is 0. The standard InChI is InChI=1S/C17H22O6/c1-6-13(18)23-12-10-9-11(16(19)17(4,5)20)14(21-7-2)15(12)22-8-3/h6,9-10,20H,1,7-8H2,2-5H3. The van der Waals surface area contributed by atoms with Crippen LogP contribution in [0.2, 0.25) is 0 Å². The van der Waals surface area contributed by atoms with Crippen LogP contribution in [0.1, 0.15) is 38.1 Å². The number of rotatable bonds is 8. The summed E-state index contributed by atoms with van der Waals surface area (Å²) in [5.41, 5.74) is -1.42. The van der Waals surface area contributed by atoms with Crippen LogP contribution in [0.25, 0.3) is 0 Å². The van der Waals surface area contributed by atoms with Gasteiger partial charge in [-0.05, 0) is 39.8 Å². The summed E-state index contributed by atoms with van der Waals surface area (Å²) in [7, 11) is 0. The molecule has 0 aliphatic rings. The highest BCUT2D eigenvalue weighted by atomic mass is 16.6. The molecular formula is C17H22O6. The third kappa shape index (κ3) is 4.56. The van der Waals surface area contributed by atoms with E-state index >= 15 is 0 Å². The van der Waals surface area contributed by atoms with Gasteiger partial charge in [-0.2, -0.15) is 0 Å². The van der Waals surface area contributed by atoms with Crippen molar-refractivity contribution < 1.29 is 28.9 Å². The molecule has 0 unspecified atom stereocenters. The average molecular weight is 322 g/mol. The van der Waals surface area contributed by atoms with Crippen molar-refractivity contribution in [2.45, 2.75) is 33.3 Å². The van der Waals surface area contributed by atoms with Crippen LogP contribution in [-0.4, -0.2) is 35.7 Å². The van der Waals surface area contributed by atoms with Crippen LogP contribution in [0.15, 0.2) is 24.8 Å². The van der Waals surface area contributed by atoms with Crippen molar-refractivity contribution in [2.24, 2.45) is 0 Å². The van der Waals surface area contributed by atoms with Gasteiger partial charge >= 0.3 is 5.97 Å². The van der Waals surface area contributed by atoms with Crippen LogP contribution in [0, 0.1) is 0 Å². The fourth-order valence-electron chi connectivity index (χ4n) is 1.85. The molecule has 6 heteroatoms. The number of aliphatic hydroxyl groups is 1. The Kier molecular flexibility index (Phi) is 6.33. The maximum atomic E-state index is 12.4. The van der Waals surface area contributed by atoms with E-state index in [-0.39, 0.29) is 36.0 Å². The van der Waals surface area contributed by atoms with Crippen molar-refractivity contribution in [3.63, 3.8) is 0 Å². The second-order valence-electron chi connectivity index (χ2n) is 5.15. The highest BCUT2D eigenvalue weighted by Crippen LogP contribution is 2.41. The van der Waals surface area contributed by atoms with Crippen LogP contribution in [0.4, 0.5) is 0 Å². The van der Waals surface area contributed by atoms with Gasteiger partial charge in [-0.25, -0.2) is 4.79 Å². The summed E-state index contributed by atoms with van der Waals surface area (Å²) in [5, 5.41) is 9.96. The predicted molar refractivity (Wildman–Crippen MR) is 85.2 cm³/mol. The van der Waals surface area contributed by atoms with Gasteiger partial charge in [0.25, 0.3) is 0 Å². The minimum atomic E-state index is -1.57. The van der Waals surface area contributed by atoms with Gasteiger partial charge in [-0.3, -0.25) is 4.79 Å². The number of Topliss-reactive ketones (excluding diaryl/α,β-unsaturated/α-hetero) is 1. The molecule has 1 aromatic carbocycles. The predicted octanol–water partition coefficient (Wildman–Crippen LogP) is 2.53. The molecule has 1 rings (SSSR count). The van der Waals surface area contributed by atoms with Gasteiger partial charge in [0.05, 0.1) is 18.8 Å². The van der Waals surface area contributed by atoms with E-state index in [0.29, 0.717) is 0 Å². The van der Waals surface area contributed by atoms with Gasteiger partial charge in [-0.15, -0.1) is 0 Å². The molecule has 0 atom stereocenters. The minimum absolute atomic E-state index is 0.118. The van der Waals surface area contributed by atoms with Crippen LogP contribution >= 0.6 is 0 Å². The van der Waals surface area contributed by atoms with E-state index in [1.165, 1.54) is 26.0 Å². The molecule has 0 aromatic heterocycles. The molecule has 0 aliphatic carbocycles. The summed E-state index contributed by atoms with van der Waals surface area (Å²) in [5.74, 6) is -0.790. The molecule has 0 bridgehead atoms. The van der Waals surface area contributed by atoms with Crippen molar-refractivity contribution in [2.75, 3.05) is 13.2 Å². The first-order valence-electron chi connectivity index (χ1n) is 7.30.